The standard InChI is InChI=1S/C15H22N2O/c1-2-17-8-5-13(6-9-17)16-14-3-4-15-12(11-14)7-10-18-15/h3-4,11,13,16H,2,5-10H2,1H3. The summed E-state index contributed by atoms with van der Waals surface area (Å²) >= 11 is 0. The highest BCUT2D eigenvalue weighted by molar-refractivity contribution is 5.53. The normalized spacial score (nSPS) is 20.5. The van der Waals surface area contributed by atoms with Gasteiger partial charge in [-0.05, 0) is 43.1 Å². The lowest BCUT2D eigenvalue weighted by molar-refractivity contribution is 0.229. The van der Waals surface area contributed by atoms with Crippen molar-refractivity contribution in [1.29, 1.82) is 0 Å². The molecule has 0 saturated carbocycles. The number of piperidine rings is 1. The van der Waals surface area contributed by atoms with E-state index in [0.29, 0.717) is 6.04 Å². The van der Waals surface area contributed by atoms with Crippen LogP contribution < -0.4 is 10.1 Å². The SMILES string of the molecule is CCN1CCC(Nc2ccc3c(c2)CCO3)CC1. The minimum atomic E-state index is 0.633. The minimum absolute atomic E-state index is 0.633. The van der Waals surface area contributed by atoms with Crippen molar-refractivity contribution in [2.24, 2.45) is 0 Å². The average molecular weight is 246 g/mol. The van der Waals surface area contributed by atoms with Crippen LogP contribution in [0.2, 0.25) is 0 Å². The van der Waals surface area contributed by atoms with E-state index in [2.05, 4.69) is 35.3 Å². The third-order valence-electron chi connectivity index (χ3n) is 4.10. The van der Waals surface area contributed by atoms with E-state index >= 15 is 0 Å². The zero-order chi connectivity index (χ0) is 12.4. The predicted octanol–water partition coefficient (Wildman–Crippen LogP) is 2.52. The second kappa shape index (κ2) is 5.19. The van der Waals surface area contributed by atoms with Crippen LogP contribution in [0.25, 0.3) is 0 Å². The van der Waals surface area contributed by atoms with Gasteiger partial charge >= 0.3 is 0 Å². The van der Waals surface area contributed by atoms with Crippen LogP contribution in [0, 0.1) is 0 Å². The Labute approximate surface area is 109 Å². The number of nitrogens with one attached hydrogen (secondary N) is 1. The van der Waals surface area contributed by atoms with Crippen molar-refractivity contribution in [3.63, 3.8) is 0 Å². The second-order valence-corrected chi connectivity index (χ2v) is 5.27. The molecule has 2 heterocycles. The number of rotatable bonds is 3. The maximum absolute atomic E-state index is 5.54. The Hall–Kier alpha value is -1.22. The molecule has 1 saturated heterocycles. The fourth-order valence-corrected chi connectivity index (χ4v) is 2.91. The molecular formula is C15H22N2O. The third-order valence-corrected chi connectivity index (χ3v) is 4.10. The van der Waals surface area contributed by atoms with Gasteiger partial charge in [0.15, 0.2) is 0 Å². The molecule has 1 aromatic rings. The van der Waals surface area contributed by atoms with E-state index in [0.717, 1.165) is 18.8 Å². The highest BCUT2D eigenvalue weighted by Gasteiger charge is 2.18. The molecule has 2 aliphatic rings. The largest absolute Gasteiger partial charge is 0.493 e. The summed E-state index contributed by atoms with van der Waals surface area (Å²) in [5.41, 5.74) is 2.61. The molecule has 0 amide bonds. The molecule has 3 nitrogen and oxygen atoms in total. The van der Waals surface area contributed by atoms with Crippen molar-refractivity contribution in [2.75, 3.05) is 31.6 Å². The predicted molar refractivity (Wildman–Crippen MR) is 74.4 cm³/mol. The number of likely N-dealkylation sites (tertiary alicyclic amines) is 1. The van der Waals surface area contributed by atoms with Crippen LogP contribution in [0.3, 0.4) is 0 Å². The Morgan fingerprint density at radius 1 is 1.33 bits per heavy atom. The Morgan fingerprint density at radius 2 is 2.17 bits per heavy atom. The Bertz CT molecular complexity index is 411. The topological polar surface area (TPSA) is 24.5 Å². The quantitative estimate of drug-likeness (QED) is 0.887. The molecule has 0 aromatic heterocycles. The van der Waals surface area contributed by atoms with Gasteiger partial charge in [-0.25, -0.2) is 0 Å². The molecule has 1 N–H and O–H groups in total. The Morgan fingerprint density at radius 3 is 2.94 bits per heavy atom. The van der Waals surface area contributed by atoms with Crippen LogP contribution in [0.5, 0.6) is 5.75 Å². The van der Waals surface area contributed by atoms with Crippen molar-refractivity contribution in [3.8, 4) is 5.75 Å². The summed E-state index contributed by atoms with van der Waals surface area (Å²) < 4.78 is 5.54. The maximum Gasteiger partial charge on any atom is 0.122 e. The molecule has 3 heteroatoms. The monoisotopic (exact) mass is 246 g/mol. The molecule has 18 heavy (non-hydrogen) atoms. The van der Waals surface area contributed by atoms with Crippen molar-refractivity contribution in [1.82, 2.24) is 4.90 Å². The summed E-state index contributed by atoms with van der Waals surface area (Å²) in [6, 6.07) is 7.14. The van der Waals surface area contributed by atoms with Crippen LogP contribution in [0.4, 0.5) is 5.69 Å². The molecular weight excluding hydrogens is 224 g/mol. The first-order valence-corrected chi connectivity index (χ1v) is 7.10. The van der Waals surface area contributed by atoms with Gasteiger partial charge < -0.3 is 15.0 Å². The van der Waals surface area contributed by atoms with E-state index in [-0.39, 0.29) is 0 Å². The number of fused-ring (bicyclic) bond motifs is 1. The van der Waals surface area contributed by atoms with E-state index in [9.17, 15) is 0 Å². The number of nitrogens with zero attached hydrogens (tertiary/aromatic N) is 1. The Kier molecular flexibility index (Phi) is 3.41. The molecule has 0 radical (unpaired) electrons. The van der Waals surface area contributed by atoms with Gasteiger partial charge in [0.25, 0.3) is 0 Å². The lowest BCUT2D eigenvalue weighted by Crippen LogP contribution is -2.38. The first-order valence-electron chi connectivity index (χ1n) is 7.10. The summed E-state index contributed by atoms with van der Waals surface area (Å²) in [7, 11) is 0. The van der Waals surface area contributed by atoms with Crippen molar-refractivity contribution < 1.29 is 4.74 Å². The summed E-state index contributed by atoms with van der Waals surface area (Å²) in [4.78, 5) is 2.52. The van der Waals surface area contributed by atoms with Crippen molar-refractivity contribution in [2.45, 2.75) is 32.2 Å². The number of hydrogen-bond acceptors (Lipinski definition) is 3. The van der Waals surface area contributed by atoms with E-state index in [4.69, 9.17) is 4.74 Å². The first kappa shape index (κ1) is 11.8. The van der Waals surface area contributed by atoms with Crippen LogP contribution in [0.15, 0.2) is 18.2 Å². The van der Waals surface area contributed by atoms with Gasteiger partial charge in [-0.3, -0.25) is 0 Å². The third kappa shape index (κ3) is 2.46. The molecule has 0 unspecified atom stereocenters. The van der Waals surface area contributed by atoms with Gasteiger partial charge in [-0.1, -0.05) is 6.92 Å². The number of ether oxygens (including phenoxy) is 1. The molecule has 1 fully saturated rings. The Balaban J connectivity index is 1.60. The molecule has 3 rings (SSSR count). The fourth-order valence-electron chi connectivity index (χ4n) is 2.91. The van der Waals surface area contributed by atoms with Crippen LogP contribution >= 0.6 is 0 Å². The maximum atomic E-state index is 5.54. The number of anilines is 1. The zero-order valence-electron chi connectivity index (χ0n) is 11.1. The fraction of sp³-hybridized carbons (Fsp3) is 0.600. The van der Waals surface area contributed by atoms with Crippen LogP contribution in [-0.4, -0.2) is 37.2 Å². The zero-order valence-corrected chi connectivity index (χ0v) is 11.1. The van der Waals surface area contributed by atoms with E-state index in [1.165, 1.54) is 43.7 Å². The van der Waals surface area contributed by atoms with E-state index in [1.807, 2.05) is 0 Å². The number of benzene rings is 1. The molecule has 98 valence electrons. The molecule has 1 aromatic carbocycles. The second-order valence-electron chi connectivity index (χ2n) is 5.27. The highest BCUT2D eigenvalue weighted by atomic mass is 16.5. The molecule has 0 atom stereocenters. The lowest BCUT2D eigenvalue weighted by atomic mass is 10.0. The number of hydrogen-bond donors (Lipinski definition) is 1. The van der Waals surface area contributed by atoms with Gasteiger partial charge in [-0.2, -0.15) is 0 Å². The minimum Gasteiger partial charge on any atom is -0.493 e. The lowest BCUT2D eigenvalue weighted by Gasteiger charge is -2.32. The van der Waals surface area contributed by atoms with Gasteiger partial charge in [-0.15, -0.1) is 0 Å². The van der Waals surface area contributed by atoms with Crippen molar-refractivity contribution >= 4 is 5.69 Å². The van der Waals surface area contributed by atoms with Crippen LogP contribution in [-0.2, 0) is 6.42 Å². The van der Waals surface area contributed by atoms with Gasteiger partial charge in [0.1, 0.15) is 5.75 Å². The summed E-state index contributed by atoms with van der Waals surface area (Å²) in [5, 5.41) is 3.67. The van der Waals surface area contributed by atoms with Crippen LogP contribution in [0.1, 0.15) is 25.3 Å². The average Bonchev–Trinajstić information content (AvgIpc) is 2.87. The molecule has 0 bridgehead atoms. The van der Waals surface area contributed by atoms with E-state index < -0.39 is 0 Å². The highest BCUT2D eigenvalue weighted by Crippen LogP contribution is 2.28. The molecule has 2 aliphatic heterocycles. The molecule has 0 aliphatic carbocycles. The first-order chi connectivity index (χ1) is 8.85. The smallest absolute Gasteiger partial charge is 0.122 e. The van der Waals surface area contributed by atoms with Crippen molar-refractivity contribution in [3.05, 3.63) is 23.8 Å². The summed E-state index contributed by atoms with van der Waals surface area (Å²) in [6.07, 6.45) is 3.56. The van der Waals surface area contributed by atoms with Gasteiger partial charge in [0.2, 0.25) is 0 Å². The van der Waals surface area contributed by atoms with E-state index in [1.54, 1.807) is 0 Å². The summed E-state index contributed by atoms with van der Waals surface area (Å²) in [5.74, 6) is 1.07. The van der Waals surface area contributed by atoms with Gasteiger partial charge in [0, 0.05) is 31.2 Å². The van der Waals surface area contributed by atoms with Gasteiger partial charge in [0.05, 0.1) is 6.61 Å². The molecule has 0 spiro atoms. The summed E-state index contributed by atoms with van der Waals surface area (Å²) in [6.45, 7) is 6.72.